The van der Waals surface area contributed by atoms with Crippen LogP contribution in [0.2, 0.25) is 15.2 Å². The zero-order valence-corrected chi connectivity index (χ0v) is 16.3. The molecule has 14 heteroatoms. The number of nitrogens with zero attached hydrogens (tertiary/aromatic N) is 5. The van der Waals surface area contributed by atoms with Crippen LogP contribution in [0, 0.1) is 22.7 Å². The summed E-state index contributed by atoms with van der Waals surface area (Å²) in [4.78, 5) is 17.9. The van der Waals surface area contributed by atoms with Crippen LogP contribution in [0.1, 0.15) is 27.4 Å². The Kier molecular flexibility index (Phi) is 5.39. The van der Waals surface area contributed by atoms with Gasteiger partial charge in [0.15, 0.2) is 17.1 Å². The molecule has 8 nitrogen and oxygen atoms in total. The standard InChI is InChI=1S/C16H4Cl3F3N6O2/c17-6-1-5(16(20,21)22)2-7(18)12(6)28-13(19)10(11(27-28)15(29)30)14-25-8(3-23)9(4-24)26-14/h1-2H,(H,25,26)(H,29,30). The van der Waals surface area contributed by atoms with Crippen LogP contribution in [-0.4, -0.2) is 30.8 Å². The number of aromatic carboxylic acids is 1. The first-order chi connectivity index (χ1) is 14.0. The molecule has 2 aromatic heterocycles. The van der Waals surface area contributed by atoms with Crippen LogP contribution in [-0.2, 0) is 6.18 Å². The summed E-state index contributed by atoms with van der Waals surface area (Å²) >= 11 is 18.1. The first-order valence-corrected chi connectivity index (χ1v) is 8.62. The molecule has 0 radical (unpaired) electrons. The third-order valence-corrected chi connectivity index (χ3v) is 4.67. The summed E-state index contributed by atoms with van der Waals surface area (Å²) in [6.45, 7) is 0. The minimum atomic E-state index is -4.73. The Balaban J connectivity index is 2.30. The van der Waals surface area contributed by atoms with Crippen molar-refractivity contribution < 1.29 is 23.1 Å². The molecule has 0 fully saturated rings. The SMILES string of the molecule is N#Cc1nc(-c2c(C(=O)O)nn(-c3c(Cl)cc(C(F)(F)F)cc3Cl)c2Cl)[nH]c1C#N. The van der Waals surface area contributed by atoms with Gasteiger partial charge in [0, 0.05) is 0 Å². The minimum absolute atomic E-state index is 0.252. The lowest BCUT2D eigenvalue weighted by Gasteiger charge is -2.13. The molecule has 0 unspecified atom stereocenters. The minimum Gasteiger partial charge on any atom is -0.476 e. The molecule has 152 valence electrons. The van der Waals surface area contributed by atoms with Gasteiger partial charge in [-0.2, -0.15) is 28.8 Å². The number of aromatic amines is 1. The maximum absolute atomic E-state index is 13.0. The molecule has 0 amide bonds. The molecule has 0 saturated carbocycles. The number of benzene rings is 1. The molecule has 3 aromatic rings. The molecule has 3 rings (SSSR count). The van der Waals surface area contributed by atoms with E-state index in [2.05, 4.69) is 15.1 Å². The van der Waals surface area contributed by atoms with Crippen molar-refractivity contribution in [1.82, 2.24) is 19.7 Å². The lowest BCUT2D eigenvalue weighted by atomic mass is 10.2. The summed E-state index contributed by atoms with van der Waals surface area (Å²) in [5, 5.41) is 29.9. The zero-order valence-electron chi connectivity index (χ0n) is 14.0. The largest absolute Gasteiger partial charge is 0.476 e. The predicted octanol–water partition coefficient (Wildman–Crippen LogP) is 4.68. The van der Waals surface area contributed by atoms with Crippen molar-refractivity contribution in [3.05, 3.63) is 50.0 Å². The van der Waals surface area contributed by atoms with Gasteiger partial charge in [-0.15, -0.1) is 0 Å². The predicted molar refractivity (Wildman–Crippen MR) is 97.6 cm³/mol. The highest BCUT2D eigenvalue weighted by atomic mass is 35.5. The number of halogens is 6. The van der Waals surface area contributed by atoms with Gasteiger partial charge in [-0.05, 0) is 12.1 Å². The fraction of sp³-hybridized carbons (Fsp3) is 0.0625. The number of aromatic nitrogens is 4. The Labute approximate surface area is 179 Å². The van der Waals surface area contributed by atoms with Crippen molar-refractivity contribution in [1.29, 1.82) is 10.5 Å². The maximum atomic E-state index is 13.0. The van der Waals surface area contributed by atoms with Crippen molar-refractivity contribution in [3.8, 4) is 29.2 Å². The highest BCUT2D eigenvalue weighted by Gasteiger charge is 2.34. The van der Waals surface area contributed by atoms with Crippen molar-refractivity contribution in [2.75, 3.05) is 0 Å². The molecule has 1 aromatic carbocycles. The fourth-order valence-corrected chi connectivity index (χ4v) is 3.44. The fourth-order valence-electron chi connectivity index (χ4n) is 2.49. The van der Waals surface area contributed by atoms with Crippen molar-refractivity contribution >= 4 is 40.8 Å². The molecular weight excluding hydrogens is 472 g/mol. The van der Waals surface area contributed by atoms with Gasteiger partial charge in [-0.1, -0.05) is 34.8 Å². The van der Waals surface area contributed by atoms with E-state index in [9.17, 15) is 23.1 Å². The van der Waals surface area contributed by atoms with E-state index in [0.717, 1.165) is 4.68 Å². The van der Waals surface area contributed by atoms with Crippen molar-refractivity contribution in [2.45, 2.75) is 6.18 Å². The van der Waals surface area contributed by atoms with Crippen LogP contribution in [0.4, 0.5) is 13.2 Å². The van der Waals surface area contributed by atoms with Crippen molar-refractivity contribution in [3.63, 3.8) is 0 Å². The Morgan fingerprint density at radius 2 is 1.77 bits per heavy atom. The number of hydrogen-bond acceptors (Lipinski definition) is 5. The molecule has 0 atom stereocenters. The van der Waals surface area contributed by atoms with E-state index in [1.165, 1.54) is 0 Å². The molecular formula is C16H4Cl3F3N6O2. The molecule has 2 N–H and O–H groups in total. The van der Waals surface area contributed by atoms with Crippen LogP contribution >= 0.6 is 34.8 Å². The van der Waals surface area contributed by atoms with Gasteiger partial charge < -0.3 is 10.1 Å². The molecule has 2 heterocycles. The normalized spacial score (nSPS) is 11.2. The number of nitriles is 2. The number of hydrogen-bond donors (Lipinski definition) is 2. The van der Waals surface area contributed by atoms with Crippen molar-refractivity contribution in [2.24, 2.45) is 0 Å². The quantitative estimate of drug-likeness (QED) is 0.565. The number of imidazole rings is 1. The van der Waals surface area contributed by atoms with E-state index < -0.39 is 38.6 Å². The third kappa shape index (κ3) is 3.55. The van der Waals surface area contributed by atoms with E-state index in [1.54, 1.807) is 12.1 Å². The van der Waals surface area contributed by atoms with Gasteiger partial charge in [0.05, 0.1) is 21.2 Å². The van der Waals surface area contributed by atoms with E-state index in [1.807, 2.05) is 0 Å². The van der Waals surface area contributed by atoms with Gasteiger partial charge in [0.1, 0.15) is 28.8 Å². The summed E-state index contributed by atoms with van der Waals surface area (Å²) < 4.78 is 39.6. The van der Waals surface area contributed by atoms with Gasteiger partial charge in [-0.3, -0.25) is 0 Å². The second-order valence-corrected chi connectivity index (χ2v) is 6.72. The van der Waals surface area contributed by atoms with Gasteiger partial charge in [-0.25, -0.2) is 14.5 Å². The van der Waals surface area contributed by atoms with Crippen LogP contribution in [0.25, 0.3) is 17.1 Å². The van der Waals surface area contributed by atoms with E-state index in [-0.39, 0.29) is 28.5 Å². The Morgan fingerprint density at radius 3 is 2.20 bits per heavy atom. The number of H-pyrrole nitrogens is 1. The molecule has 0 saturated heterocycles. The molecule has 0 aliphatic rings. The zero-order chi connectivity index (χ0) is 22.4. The third-order valence-electron chi connectivity index (χ3n) is 3.75. The van der Waals surface area contributed by atoms with Gasteiger partial charge in [0.25, 0.3) is 0 Å². The van der Waals surface area contributed by atoms with Crippen LogP contribution in [0.5, 0.6) is 0 Å². The smallest absolute Gasteiger partial charge is 0.416 e. The maximum Gasteiger partial charge on any atom is 0.416 e. The average molecular weight is 476 g/mol. The van der Waals surface area contributed by atoms with Crippen LogP contribution in [0.15, 0.2) is 12.1 Å². The number of carboxylic acid groups (broad SMARTS) is 1. The molecule has 30 heavy (non-hydrogen) atoms. The molecule has 0 aliphatic heterocycles. The van der Waals surface area contributed by atoms with E-state index in [4.69, 9.17) is 45.3 Å². The molecule has 0 spiro atoms. The first kappa shape index (κ1) is 21.5. The van der Waals surface area contributed by atoms with Gasteiger partial charge >= 0.3 is 12.1 Å². The highest BCUT2D eigenvalue weighted by Crippen LogP contribution is 2.40. The monoisotopic (exact) mass is 474 g/mol. The summed E-state index contributed by atoms with van der Waals surface area (Å²) in [6, 6.07) is 4.48. The Bertz CT molecular complexity index is 1230. The first-order valence-electron chi connectivity index (χ1n) is 7.48. The van der Waals surface area contributed by atoms with Crippen LogP contribution in [0.3, 0.4) is 0 Å². The Morgan fingerprint density at radius 1 is 1.17 bits per heavy atom. The number of alkyl halides is 3. The molecule has 0 aliphatic carbocycles. The highest BCUT2D eigenvalue weighted by molar-refractivity contribution is 6.38. The number of nitrogens with one attached hydrogen (secondary N) is 1. The average Bonchev–Trinajstić information content (AvgIpc) is 3.21. The second kappa shape index (κ2) is 7.54. The lowest BCUT2D eigenvalue weighted by molar-refractivity contribution is -0.137. The molecule has 0 bridgehead atoms. The van der Waals surface area contributed by atoms with E-state index in [0.29, 0.717) is 12.1 Å². The second-order valence-electron chi connectivity index (χ2n) is 5.55. The van der Waals surface area contributed by atoms with E-state index >= 15 is 0 Å². The topological polar surface area (TPSA) is 131 Å². The number of carboxylic acids is 1. The number of carbonyl (C=O) groups is 1. The summed E-state index contributed by atoms with van der Waals surface area (Å²) in [5.74, 6) is -1.84. The lowest BCUT2D eigenvalue weighted by Crippen LogP contribution is -2.08. The summed E-state index contributed by atoms with van der Waals surface area (Å²) in [6.07, 6.45) is -4.73. The number of rotatable bonds is 3. The Hall–Kier alpha value is -3.25. The summed E-state index contributed by atoms with van der Waals surface area (Å²) in [5.41, 5.74) is -3.01. The van der Waals surface area contributed by atoms with Crippen LogP contribution < -0.4 is 0 Å². The van der Waals surface area contributed by atoms with Gasteiger partial charge in [0.2, 0.25) is 0 Å². The summed E-state index contributed by atoms with van der Waals surface area (Å²) in [7, 11) is 0.